The molecule has 2 aromatic rings. The summed E-state index contributed by atoms with van der Waals surface area (Å²) >= 11 is 0. The molecule has 3 fully saturated rings. The smallest absolute Gasteiger partial charge is 0.252 e. The molecule has 4 heteroatoms. The van der Waals surface area contributed by atoms with Crippen LogP contribution in [0, 0.1) is 5.92 Å². The lowest BCUT2D eigenvalue weighted by Crippen LogP contribution is -2.57. The Hall–Kier alpha value is -1.94. The number of benzene rings is 1. The fourth-order valence-electron chi connectivity index (χ4n) is 3.70. The number of amides is 1. The van der Waals surface area contributed by atoms with Crippen molar-refractivity contribution in [2.24, 2.45) is 5.92 Å². The van der Waals surface area contributed by atoms with Crippen LogP contribution in [0.3, 0.4) is 0 Å². The summed E-state index contributed by atoms with van der Waals surface area (Å²) in [5.74, 6) is 0.696. The molecular weight excluding hydrogens is 262 g/mol. The zero-order valence-electron chi connectivity index (χ0n) is 12.0. The molecule has 1 aromatic carbocycles. The highest BCUT2D eigenvalue weighted by molar-refractivity contribution is 6.06. The van der Waals surface area contributed by atoms with Crippen LogP contribution in [0.4, 0.5) is 0 Å². The third-order valence-electron chi connectivity index (χ3n) is 4.90. The highest BCUT2D eigenvalue weighted by Gasteiger charge is 2.35. The van der Waals surface area contributed by atoms with Crippen molar-refractivity contribution in [3.8, 4) is 0 Å². The molecule has 5 rings (SSSR count). The predicted octanol–water partition coefficient (Wildman–Crippen LogP) is 2.06. The van der Waals surface area contributed by atoms with Gasteiger partial charge >= 0.3 is 0 Å². The van der Waals surface area contributed by atoms with E-state index in [0.29, 0.717) is 12.0 Å². The number of rotatable bonds is 2. The first-order valence-electron chi connectivity index (χ1n) is 7.67. The van der Waals surface area contributed by atoms with E-state index in [0.717, 1.165) is 22.9 Å². The molecule has 1 aromatic heterocycles. The number of piperidine rings is 3. The molecular formula is C17H19N3O. The van der Waals surface area contributed by atoms with Gasteiger partial charge in [0.1, 0.15) is 0 Å². The SMILES string of the molecule is O=C(NC1CN2CCC1CC2)c1cccc2cnccc12. The number of nitrogens with zero attached hydrogens (tertiary/aromatic N) is 2. The molecule has 1 atom stereocenters. The standard InChI is InChI=1S/C17H19N3O/c21-17(19-16-11-20-8-5-12(16)6-9-20)15-3-1-2-13-10-18-7-4-14(13)15/h1-4,7,10,12,16H,5-6,8-9,11H2,(H,19,21). The van der Waals surface area contributed by atoms with Gasteiger partial charge in [-0.2, -0.15) is 0 Å². The van der Waals surface area contributed by atoms with Crippen LogP contribution < -0.4 is 5.32 Å². The number of nitrogens with one attached hydrogen (secondary N) is 1. The molecule has 1 N–H and O–H groups in total. The van der Waals surface area contributed by atoms with E-state index < -0.39 is 0 Å². The first-order chi connectivity index (χ1) is 10.3. The molecule has 1 unspecified atom stereocenters. The van der Waals surface area contributed by atoms with Crippen molar-refractivity contribution >= 4 is 16.7 Å². The van der Waals surface area contributed by atoms with Gasteiger partial charge < -0.3 is 10.2 Å². The molecule has 4 nitrogen and oxygen atoms in total. The van der Waals surface area contributed by atoms with Crippen molar-refractivity contribution in [1.82, 2.24) is 15.2 Å². The van der Waals surface area contributed by atoms with E-state index in [1.54, 1.807) is 12.4 Å². The van der Waals surface area contributed by atoms with Crippen LogP contribution in [0.5, 0.6) is 0 Å². The third-order valence-corrected chi connectivity index (χ3v) is 4.90. The maximum Gasteiger partial charge on any atom is 0.252 e. The summed E-state index contributed by atoms with van der Waals surface area (Å²) < 4.78 is 0. The normalized spacial score (nSPS) is 27.7. The molecule has 0 aliphatic carbocycles. The third kappa shape index (κ3) is 2.29. The lowest BCUT2D eigenvalue weighted by Gasteiger charge is -2.44. The molecule has 4 heterocycles. The van der Waals surface area contributed by atoms with Gasteiger partial charge in [-0.15, -0.1) is 0 Å². The average Bonchev–Trinajstić information content (AvgIpc) is 2.55. The Morgan fingerprint density at radius 2 is 2.10 bits per heavy atom. The van der Waals surface area contributed by atoms with Gasteiger partial charge in [0.15, 0.2) is 0 Å². The molecule has 0 radical (unpaired) electrons. The van der Waals surface area contributed by atoms with E-state index in [9.17, 15) is 4.79 Å². The second-order valence-electron chi connectivity index (χ2n) is 6.12. The fourth-order valence-corrected chi connectivity index (χ4v) is 3.70. The molecule has 2 bridgehead atoms. The van der Waals surface area contributed by atoms with Gasteiger partial charge in [0, 0.05) is 35.9 Å². The topological polar surface area (TPSA) is 45.2 Å². The lowest BCUT2D eigenvalue weighted by atomic mass is 9.84. The monoisotopic (exact) mass is 281 g/mol. The van der Waals surface area contributed by atoms with Crippen molar-refractivity contribution in [2.45, 2.75) is 18.9 Å². The molecule has 21 heavy (non-hydrogen) atoms. The fraction of sp³-hybridized carbons (Fsp3) is 0.412. The molecule has 3 saturated heterocycles. The summed E-state index contributed by atoms with van der Waals surface area (Å²) in [7, 11) is 0. The molecule has 108 valence electrons. The Bertz CT molecular complexity index is 671. The van der Waals surface area contributed by atoms with Gasteiger partial charge in [0.05, 0.1) is 0 Å². The van der Waals surface area contributed by atoms with Crippen molar-refractivity contribution in [1.29, 1.82) is 0 Å². The van der Waals surface area contributed by atoms with Gasteiger partial charge in [-0.3, -0.25) is 9.78 Å². The minimum Gasteiger partial charge on any atom is -0.348 e. The molecule has 0 spiro atoms. The Balaban J connectivity index is 1.59. The van der Waals surface area contributed by atoms with Crippen molar-refractivity contribution < 1.29 is 4.79 Å². The highest BCUT2D eigenvalue weighted by Crippen LogP contribution is 2.28. The van der Waals surface area contributed by atoms with Crippen molar-refractivity contribution in [3.05, 3.63) is 42.2 Å². The van der Waals surface area contributed by atoms with Crippen LogP contribution in [0.15, 0.2) is 36.7 Å². The Labute approximate surface area is 124 Å². The minimum absolute atomic E-state index is 0.0468. The Morgan fingerprint density at radius 3 is 2.86 bits per heavy atom. The summed E-state index contributed by atoms with van der Waals surface area (Å²) in [6, 6.07) is 8.04. The maximum absolute atomic E-state index is 12.7. The number of carbonyl (C=O) groups excluding carboxylic acids is 1. The zero-order valence-corrected chi connectivity index (χ0v) is 12.0. The summed E-state index contributed by atoms with van der Waals surface area (Å²) in [4.78, 5) is 19.2. The zero-order chi connectivity index (χ0) is 14.2. The lowest BCUT2D eigenvalue weighted by molar-refractivity contribution is 0.0621. The van der Waals surface area contributed by atoms with Crippen LogP contribution in [0.25, 0.3) is 10.8 Å². The Kier molecular flexibility index (Phi) is 3.11. The average molecular weight is 281 g/mol. The number of pyridine rings is 1. The van der Waals surface area contributed by atoms with E-state index >= 15 is 0 Å². The quantitative estimate of drug-likeness (QED) is 0.916. The minimum atomic E-state index is 0.0468. The van der Waals surface area contributed by atoms with E-state index in [1.165, 1.54) is 25.9 Å². The van der Waals surface area contributed by atoms with Crippen LogP contribution >= 0.6 is 0 Å². The number of hydrogen-bond acceptors (Lipinski definition) is 3. The Morgan fingerprint density at radius 1 is 1.24 bits per heavy atom. The van der Waals surface area contributed by atoms with Gasteiger partial charge in [-0.25, -0.2) is 0 Å². The van der Waals surface area contributed by atoms with Gasteiger partial charge in [0.2, 0.25) is 0 Å². The number of carbonyl (C=O) groups is 1. The molecule has 3 aliphatic heterocycles. The van der Waals surface area contributed by atoms with E-state index in [4.69, 9.17) is 0 Å². The number of aromatic nitrogens is 1. The molecule has 1 amide bonds. The van der Waals surface area contributed by atoms with Gasteiger partial charge in [-0.05, 0) is 49.4 Å². The van der Waals surface area contributed by atoms with Gasteiger partial charge in [0.25, 0.3) is 5.91 Å². The highest BCUT2D eigenvalue weighted by atomic mass is 16.1. The second-order valence-corrected chi connectivity index (χ2v) is 6.12. The maximum atomic E-state index is 12.7. The van der Waals surface area contributed by atoms with Crippen LogP contribution in [-0.4, -0.2) is 41.5 Å². The summed E-state index contributed by atoms with van der Waals surface area (Å²) in [6.45, 7) is 3.39. The number of hydrogen-bond donors (Lipinski definition) is 1. The van der Waals surface area contributed by atoms with Crippen LogP contribution in [0.2, 0.25) is 0 Å². The van der Waals surface area contributed by atoms with Gasteiger partial charge in [-0.1, -0.05) is 12.1 Å². The van der Waals surface area contributed by atoms with Crippen molar-refractivity contribution in [3.63, 3.8) is 0 Å². The number of fused-ring (bicyclic) bond motifs is 4. The van der Waals surface area contributed by atoms with Crippen LogP contribution in [0.1, 0.15) is 23.2 Å². The summed E-state index contributed by atoms with van der Waals surface area (Å²) in [5, 5.41) is 5.25. The summed E-state index contributed by atoms with van der Waals surface area (Å²) in [5.41, 5.74) is 0.756. The largest absolute Gasteiger partial charge is 0.348 e. The predicted molar refractivity (Wildman–Crippen MR) is 82.2 cm³/mol. The first-order valence-corrected chi connectivity index (χ1v) is 7.67. The molecule has 0 saturated carbocycles. The van der Waals surface area contributed by atoms with E-state index in [-0.39, 0.29) is 5.91 Å². The van der Waals surface area contributed by atoms with E-state index in [2.05, 4.69) is 15.2 Å². The molecule has 3 aliphatic rings. The first kappa shape index (κ1) is 12.8. The second kappa shape index (κ2) is 5.11. The van der Waals surface area contributed by atoms with Crippen molar-refractivity contribution in [2.75, 3.05) is 19.6 Å². The summed E-state index contributed by atoms with van der Waals surface area (Å²) in [6.07, 6.45) is 5.97. The van der Waals surface area contributed by atoms with E-state index in [1.807, 2.05) is 24.3 Å². The van der Waals surface area contributed by atoms with Crippen LogP contribution in [-0.2, 0) is 0 Å².